The highest BCUT2D eigenvalue weighted by molar-refractivity contribution is 7.12. The number of anilines is 1. The fourth-order valence-corrected chi connectivity index (χ4v) is 3.48. The van der Waals surface area contributed by atoms with E-state index in [0.717, 1.165) is 13.1 Å². The number of hydrogen-bond donors (Lipinski definition) is 1. The standard InChI is InChI=1S/C18H26N2S/c1-13(2)19-11-16-7-8-17(21-16)12-20(5)18-9-6-14(3)10-15(18)4/h6-10,13,19H,11-12H2,1-5H3. The van der Waals surface area contributed by atoms with Crippen LogP contribution in [0.5, 0.6) is 0 Å². The van der Waals surface area contributed by atoms with E-state index < -0.39 is 0 Å². The predicted octanol–water partition coefficient (Wildman–Crippen LogP) is 4.50. The summed E-state index contributed by atoms with van der Waals surface area (Å²) in [4.78, 5) is 5.16. The lowest BCUT2D eigenvalue weighted by molar-refractivity contribution is 0.593. The van der Waals surface area contributed by atoms with E-state index in [2.05, 4.69) is 75.3 Å². The van der Waals surface area contributed by atoms with Gasteiger partial charge in [0.15, 0.2) is 0 Å². The van der Waals surface area contributed by atoms with E-state index in [4.69, 9.17) is 0 Å². The molecule has 0 spiro atoms. The molecule has 1 N–H and O–H groups in total. The van der Waals surface area contributed by atoms with Crippen molar-refractivity contribution >= 4 is 17.0 Å². The molecule has 2 rings (SSSR count). The minimum atomic E-state index is 0.536. The Morgan fingerprint density at radius 1 is 1.10 bits per heavy atom. The summed E-state index contributed by atoms with van der Waals surface area (Å²) in [5, 5.41) is 3.47. The SMILES string of the molecule is Cc1ccc(N(C)Cc2ccc(CNC(C)C)s2)c(C)c1. The van der Waals surface area contributed by atoms with E-state index in [9.17, 15) is 0 Å². The average molecular weight is 302 g/mol. The first-order chi connectivity index (χ1) is 9.95. The van der Waals surface area contributed by atoms with Crippen LogP contribution in [0.2, 0.25) is 0 Å². The molecule has 0 radical (unpaired) electrons. The molecule has 0 aliphatic rings. The molecular formula is C18H26N2S. The molecule has 0 atom stereocenters. The highest BCUT2D eigenvalue weighted by atomic mass is 32.1. The summed E-state index contributed by atoms with van der Waals surface area (Å²) in [5.41, 5.74) is 3.98. The van der Waals surface area contributed by atoms with E-state index in [0.29, 0.717) is 6.04 Å². The van der Waals surface area contributed by atoms with Crippen LogP contribution in [0.3, 0.4) is 0 Å². The first-order valence-electron chi connectivity index (χ1n) is 7.55. The van der Waals surface area contributed by atoms with Crippen LogP contribution >= 0.6 is 11.3 Å². The van der Waals surface area contributed by atoms with Crippen molar-refractivity contribution < 1.29 is 0 Å². The summed E-state index contributed by atoms with van der Waals surface area (Å²) in [6, 6.07) is 11.7. The predicted molar refractivity (Wildman–Crippen MR) is 94.3 cm³/mol. The second kappa shape index (κ2) is 7.10. The van der Waals surface area contributed by atoms with Crippen LogP contribution in [0.15, 0.2) is 30.3 Å². The summed E-state index contributed by atoms with van der Waals surface area (Å²) < 4.78 is 0. The number of hydrogen-bond acceptors (Lipinski definition) is 3. The van der Waals surface area contributed by atoms with Crippen LogP contribution in [-0.2, 0) is 13.1 Å². The molecule has 0 saturated heterocycles. The Bertz CT molecular complexity index is 587. The maximum Gasteiger partial charge on any atom is 0.0519 e. The van der Waals surface area contributed by atoms with Gasteiger partial charge in [-0.2, -0.15) is 0 Å². The highest BCUT2D eigenvalue weighted by Gasteiger charge is 2.08. The van der Waals surface area contributed by atoms with Gasteiger partial charge in [-0.15, -0.1) is 11.3 Å². The molecular weight excluding hydrogens is 276 g/mol. The summed E-state index contributed by atoms with van der Waals surface area (Å²) in [5.74, 6) is 0. The van der Waals surface area contributed by atoms with Crippen molar-refractivity contribution in [1.29, 1.82) is 0 Å². The molecule has 2 aromatic rings. The molecule has 1 heterocycles. The quantitative estimate of drug-likeness (QED) is 0.845. The molecule has 21 heavy (non-hydrogen) atoms. The van der Waals surface area contributed by atoms with Gasteiger partial charge in [0.05, 0.1) is 6.54 Å². The van der Waals surface area contributed by atoms with Gasteiger partial charge < -0.3 is 10.2 Å². The van der Waals surface area contributed by atoms with Crippen molar-refractivity contribution in [3.63, 3.8) is 0 Å². The van der Waals surface area contributed by atoms with Crippen LogP contribution in [0.4, 0.5) is 5.69 Å². The minimum absolute atomic E-state index is 0.536. The van der Waals surface area contributed by atoms with Crippen LogP contribution in [0.25, 0.3) is 0 Å². The van der Waals surface area contributed by atoms with Crippen LogP contribution in [0, 0.1) is 13.8 Å². The van der Waals surface area contributed by atoms with Crippen LogP contribution in [-0.4, -0.2) is 13.1 Å². The zero-order chi connectivity index (χ0) is 15.4. The number of rotatable bonds is 6. The van der Waals surface area contributed by atoms with Gasteiger partial charge in [-0.1, -0.05) is 31.5 Å². The van der Waals surface area contributed by atoms with Gasteiger partial charge in [0.25, 0.3) is 0 Å². The Kier molecular flexibility index (Phi) is 5.43. The Morgan fingerprint density at radius 2 is 1.81 bits per heavy atom. The van der Waals surface area contributed by atoms with Gasteiger partial charge in [-0.3, -0.25) is 0 Å². The molecule has 114 valence electrons. The van der Waals surface area contributed by atoms with Gasteiger partial charge in [0.2, 0.25) is 0 Å². The number of thiophene rings is 1. The van der Waals surface area contributed by atoms with Crippen molar-refractivity contribution in [2.24, 2.45) is 0 Å². The Hall–Kier alpha value is -1.32. The van der Waals surface area contributed by atoms with E-state index in [1.165, 1.54) is 26.6 Å². The number of aryl methyl sites for hydroxylation is 2. The molecule has 0 bridgehead atoms. The molecule has 0 fully saturated rings. The van der Waals surface area contributed by atoms with Crippen LogP contribution in [0.1, 0.15) is 34.7 Å². The van der Waals surface area contributed by atoms with Crippen molar-refractivity contribution in [1.82, 2.24) is 5.32 Å². The molecule has 2 nitrogen and oxygen atoms in total. The summed E-state index contributed by atoms with van der Waals surface area (Å²) in [6.07, 6.45) is 0. The van der Waals surface area contributed by atoms with Gasteiger partial charge in [-0.05, 0) is 37.6 Å². The second-order valence-electron chi connectivity index (χ2n) is 6.05. The number of nitrogens with one attached hydrogen (secondary N) is 1. The molecule has 0 unspecified atom stereocenters. The normalized spacial score (nSPS) is 11.1. The van der Waals surface area contributed by atoms with E-state index in [1.807, 2.05) is 11.3 Å². The lowest BCUT2D eigenvalue weighted by Gasteiger charge is -2.21. The molecule has 0 aliphatic carbocycles. The largest absolute Gasteiger partial charge is 0.369 e. The number of benzene rings is 1. The monoisotopic (exact) mass is 302 g/mol. The summed E-state index contributed by atoms with van der Waals surface area (Å²) in [7, 11) is 2.17. The third kappa shape index (κ3) is 4.58. The minimum Gasteiger partial charge on any atom is -0.369 e. The van der Waals surface area contributed by atoms with Crippen molar-refractivity contribution in [3.8, 4) is 0 Å². The lowest BCUT2D eigenvalue weighted by atomic mass is 10.1. The molecule has 1 aromatic heterocycles. The third-order valence-corrected chi connectivity index (χ3v) is 4.63. The fourth-order valence-electron chi connectivity index (χ4n) is 2.46. The fraction of sp³-hybridized carbons (Fsp3) is 0.444. The Morgan fingerprint density at radius 3 is 2.48 bits per heavy atom. The van der Waals surface area contributed by atoms with Crippen molar-refractivity contribution in [2.75, 3.05) is 11.9 Å². The van der Waals surface area contributed by atoms with Gasteiger partial charge >= 0.3 is 0 Å². The maximum atomic E-state index is 3.47. The lowest BCUT2D eigenvalue weighted by Crippen LogP contribution is -2.21. The number of nitrogens with zero attached hydrogens (tertiary/aromatic N) is 1. The molecule has 1 aromatic carbocycles. The zero-order valence-electron chi connectivity index (χ0n) is 13.7. The smallest absolute Gasteiger partial charge is 0.0519 e. The Labute approximate surface area is 132 Å². The maximum absolute atomic E-state index is 3.47. The molecule has 0 amide bonds. The van der Waals surface area contributed by atoms with E-state index in [-0.39, 0.29) is 0 Å². The first kappa shape index (κ1) is 16.1. The summed E-state index contributed by atoms with van der Waals surface area (Å²) >= 11 is 1.90. The molecule has 0 saturated carbocycles. The third-order valence-electron chi connectivity index (χ3n) is 3.56. The zero-order valence-corrected chi connectivity index (χ0v) is 14.6. The van der Waals surface area contributed by atoms with E-state index >= 15 is 0 Å². The second-order valence-corrected chi connectivity index (χ2v) is 7.30. The van der Waals surface area contributed by atoms with E-state index in [1.54, 1.807) is 0 Å². The van der Waals surface area contributed by atoms with Gasteiger partial charge in [-0.25, -0.2) is 0 Å². The topological polar surface area (TPSA) is 15.3 Å². The molecule has 3 heteroatoms. The first-order valence-corrected chi connectivity index (χ1v) is 8.36. The van der Waals surface area contributed by atoms with Gasteiger partial charge in [0, 0.05) is 35.1 Å². The highest BCUT2D eigenvalue weighted by Crippen LogP contribution is 2.24. The van der Waals surface area contributed by atoms with Gasteiger partial charge in [0.1, 0.15) is 0 Å². The van der Waals surface area contributed by atoms with Crippen molar-refractivity contribution in [3.05, 3.63) is 51.2 Å². The van der Waals surface area contributed by atoms with Crippen LogP contribution < -0.4 is 10.2 Å². The van der Waals surface area contributed by atoms with Crippen molar-refractivity contribution in [2.45, 2.75) is 46.8 Å². The average Bonchev–Trinajstić information content (AvgIpc) is 2.83. The summed E-state index contributed by atoms with van der Waals surface area (Å²) in [6.45, 7) is 10.6. The molecule has 0 aliphatic heterocycles. The Balaban J connectivity index is 2.00.